The minimum atomic E-state index is 0.554. The van der Waals surface area contributed by atoms with Gasteiger partial charge in [-0.15, -0.1) is 0 Å². The van der Waals surface area contributed by atoms with Gasteiger partial charge in [-0.05, 0) is 29.3 Å². The quantitative estimate of drug-likeness (QED) is 0.911. The number of nitrogens with zero attached hydrogens (tertiary/aromatic N) is 2. The predicted octanol–water partition coefficient (Wildman–Crippen LogP) is 3.30. The average molecular weight is 272 g/mol. The number of hydrogen-bond acceptors (Lipinski definition) is 3. The number of fused-ring (bicyclic) bond motifs is 1. The Morgan fingerprint density at radius 2 is 2.00 bits per heavy atom. The highest BCUT2D eigenvalue weighted by Gasteiger charge is 2.17. The lowest BCUT2D eigenvalue weighted by atomic mass is 10.1. The topological polar surface area (TPSA) is 41.6 Å². The third-order valence-corrected chi connectivity index (χ3v) is 3.41. The normalized spacial score (nSPS) is 13.9. The van der Waals surface area contributed by atoms with Crippen LogP contribution >= 0.6 is 11.6 Å². The number of hydrogen-bond donors (Lipinski definition) is 1. The molecule has 0 amide bonds. The molecule has 0 fully saturated rings. The van der Waals surface area contributed by atoms with Gasteiger partial charge in [-0.3, -0.25) is 0 Å². The molecule has 0 spiro atoms. The number of aliphatic imine (C=N–C) groups is 1. The van der Waals surface area contributed by atoms with Crippen molar-refractivity contribution in [2.24, 2.45) is 10.7 Å². The summed E-state index contributed by atoms with van der Waals surface area (Å²) in [6.45, 7) is 1.49. The van der Waals surface area contributed by atoms with Crippen LogP contribution in [0.3, 0.4) is 0 Å². The van der Waals surface area contributed by atoms with Crippen LogP contribution in [-0.2, 0) is 13.1 Å². The van der Waals surface area contributed by atoms with Gasteiger partial charge >= 0.3 is 0 Å². The van der Waals surface area contributed by atoms with Gasteiger partial charge in [0.05, 0.1) is 5.69 Å². The standard InChI is InChI=1S/C15H14ClN3/c16-13-6-3-4-11(8-13)9-19-10-12-5-1-2-7-14(12)18-15(19)17/h1-8H,9-10H2,(H2,17,18). The van der Waals surface area contributed by atoms with Gasteiger partial charge in [-0.1, -0.05) is 41.9 Å². The summed E-state index contributed by atoms with van der Waals surface area (Å²) in [7, 11) is 0. The van der Waals surface area contributed by atoms with Crippen molar-refractivity contribution in [2.75, 3.05) is 0 Å². The molecule has 2 aromatic carbocycles. The SMILES string of the molecule is NC1=Nc2ccccc2CN1Cc1cccc(Cl)c1. The Balaban J connectivity index is 1.84. The molecular weight excluding hydrogens is 258 g/mol. The molecule has 1 heterocycles. The maximum absolute atomic E-state index is 6.02. The number of benzene rings is 2. The number of guanidine groups is 1. The highest BCUT2D eigenvalue weighted by atomic mass is 35.5. The van der Waals surface area contributed by atoms with Gasteiger partial charge in [-0.25, -0.2) is 4.99 Å². The van der Waals surface area contributed by atoms with Crippen molar-refractivity contribution in [3.8, 4) is 0 Å². The summed E-state index contributed by atoms with van der Waals surface area (Å²) >= 11 is 6.00. The third kappa shape index (κ3) is 2.56. The molecule has 4 heteroatoms. The first-order chi connectivity index (χ1) is 9.22. The van der Waals surface area contributed by atoms with E-state index in [4.69, 9.17) is 17.3 Å². The summed E-state index contributed by atoms with van der Waals surface area (Å²) in [6.07, 6.45) is 0. The first kappa shape index (κ1) is 12.1. The molecule has 3 nitrogen and oxygen atoms in total. The minimum Gasteiger partial charge on any atom is -0.369 e. The number of rotatable bonds is 2. The van der Waals surface area contributed by atoms with Crippen molar-refractivity contribution in [2.45, 2.75) is 13.1 Å². The van der Waals surface area contributed by atoms with E-state index >= 15 is 0 Å². The highest BCUT2D eigenvalue weighted by Crippen LogP contribution is 2.25. The van der Waals surface area contributed by atoms with Crippen LogP contribution in [0.15, 0.2) is 53.5 Å². The zero-order valence-corrected chi connectivity index (χ0v) is 11.1. The molecule has 0 unspecified atom stereocenters. The minimum absolute atomic E-state index is 0.554. The molecule has 0 saturated carbocycles. The fourth-order valence-electron chi connectivity index (χ4n) is 2.23. The van der Waals surface area contributed by atoms with Crippen molar-refractivity contribution in [3.05, 3.63) is 64.7 Å². The van der Waals surface area contributed by atoms with E-state index in [1.165, 1.54) is 5.56 Å². The number of halogens is 1. The van der Waals surface area contributed by atoms with Crippen LogP contribution in [0.2, 0.25) is 5.02 Å². The van der Waals surface area contributed by atoms with E-state index in [0.717, 1.165) is 22.8 Å². The summed E-state index contributed by atoms with van der Waals surface area (Å²) in [5.41, 5.74) is 9.31. The number of nitrogens with two attached hydrogens (primary N) is 1. The lowest BCUT2D eigenvalue weighted by Gasteiger charge is -2.28. The maximum Gasteiger partial charge on any atom is 0.197 e. The van der Waals surface area contributed by atoms with Gasteiger partial charge < -0.3 is 10.6 Å². The van der Waals surface area contributed by atoms with Crippen molar-refractivity contribution < 1.29 is 0 Å². The first-order valence-corrected chi connectivity index (χ1v) is 6.51. The van der Waals surface area contributed by atoms with Gasteiger partial charge in [0.25, 0.3) is 0 Å². The van der Waals surface area contributed by atoms with Crippen LogP contribution in [0, 0.1) is 0 Å². The lowest BCUT2D eigenvalue weighted by molar-refractivity contribution is 0.396. The van der Waals surface area contributed by atoms with Gasteiger partial charge in [0.1, 0.15) is 0 Å². The molecular formula is C15H14ClN3. The van der Waals surface area contributed by atoms with Gasteiger partial charge in [0.15, 0.2) is 5.96 Å². The molecule has 2 N–H and O–H groups in total. The molecule has 0 radical (unpaired) electrons. The third-order valence-electron chi connectivity index (χ3n) is 3.17. The fourth-order valence-corrected chi connectivity index (χ4v) is 2.44. The molecule has 2 aromatic rings. The van der Waals surface area contributed by atoms with Crippen molar-refractivity contribution in [1.82, 2.24) is 4.90 Å². The maximum atomic E-state index is 6.02. The summed E-state index contributed by atoms with van der Waals surface area (Å²) in [4.78, 5) is 6.48. The monoisotopic (exact) mass is 271 g/mol. The Morgan fingerprint density at radius 1 is 1.16 bits per heavy atom. The van der Waals surface area contributed by atoms with Gasteiger partial charge in [0.2, 0.25) is 0 Å². The summed E-state index contributed by atoms with van der Waals surface area (Å²) in [5, 5.41) is 0.741. The zero-order valence-electron chi connectivity index (χ0n) is 10.4. The van der Waals surface area contributed by atoms with Crippen LogP contribution in [0.25, 0.3) is 0 Å². The molecule has 96 valence electrons. The molecule has 1 aliphatic rings. The molecule has 0 aliphatic carbocycles. The van der Waals surface area contributed by atoms with Crippen LogP contribution < -0.4 is 5.73 Å². The van der Waals surface area contributed by atoms with Crippen LogP contribution in [0.4, 0.5) is 5.69 Å². The smallest absolute Gasteiger partial charge is 0.197 e. The molecule has 0 saturated heterocycles. The highest BCUT2D eigenvalue weighted by molar-refractivity contribution is 6.30. The summed E-state index contributed by atoms with van der Waals surface area (Å²) < 4.78 is 0. The van der Waals surface area contributed by atoms with Gasteiger partial charge in [0, 0.05) is 18.1 Å². The Labute approximate surface area is 117 Å². The van der Waals surface area contributed by atoms with E-state index in [2.05, 4.69) is 11.1 Å². The van der Waals surface area contributed by atoms with E-state index in [-0.39, 0.29) is 0 Å². The first-order valence-electron chi connectivity index (χ1n) is 6.14. The van der Waals surface area contributed by atoms with Crippen molar-refractivity contribution in [1.29, 1.82) is 0 Å². The average Bonchev–Trinajstić information content (AvgIpc) is 2.40. The van der Waals surface area contributed by atoms with Gasteiger partial charge in [-0.2, -0.15) is 0 Å². The van der Waals surface area contributed by atoms with Crippen LogP contribution in [0.5, 0.6) is 0 Å². The second kappa shape index (κ2) is 4.94. The summed E-state index contributed by atoms with van der Waals surface area (Å²) in [5.74, 6) is 0.554. The van der Waals surface area contributed by atoms with E-state index in [0.29, 0.717) is 12.5 Å². The Hall–Kier alpha value is -2.00. The zero-order chi connectivity index (χ0) is 13.2. The predicted molar refractivity (Wildman–Crippen MR) is 78.4 cm³/mol. The largest absolute Gasteiger partial charge is 0.369 e. The second-order valence-corrected chi connectivity index (χ2v) is 5.02. The molecule has 0 bridgehead atoms. The second-order valence-electron chi connectivity index (χ2n) is 4.58. The summed E-state index contributed by atoms with van der Waals surface area (Å²) in [6, 6.07) is 15.9. The number of para-hydroxylation sites is 1. The Kier molecular flexibility index (Phi) is 3.13. The Morgan fingerprint density at radius 3 is 2.84 bits per heavy atom. The Bertz CT molecular complexity index is 637. The molecule has 1 aliphatic heterocycles. The van der Waals surface area contributed by atoms with E-state index < -0.39 is 0 Å². The van der Waals surface area contributed by atoms with Crippen molar-refractivity contribution in [3.63, 3.8) is 0 Å². The molecule has 3 rings (SSSR count). The lowest BCUT2D eigenvalue weighted by Crippen LogP contribution is -2.38. The molecule has 0 atom stereocenters. The molecule has 0 aromatic heterocycles. The fraction of sp³-hybridized carbons (Fsp3) is 0.133. The van der Waals surface area contributed by atoms with E-state index in [1.807, 2.05) is 47.4 Å². The van der Waals surface area contributed by atoms with Crippen molar-refractivity contribution >= 4 is 23.2 Å². The van der Waals surface area contributed by atoms with Crippen LogP contribution in [-0.4, -0.2) is 10.9 Å². The molecule has 19 heavy (non-hydrogen) atoms. The van der Waals surface area contributed by atoms with E-state index in [1.54, 1.807) is 0 Å². The van der Waals surface area contributed by atoms with E-state index in [9.17, 15) is 0 Å². The van der Waals surface area contributed by atoms with Crippen LogP contribution in [0.1, 0.15) is 11.1 Å².